The van der Waals surface area contributed by atoms with Crippen molar-refractivity contribution in [1.82, 2.24) is 0 Å². The lowest BCUT2D eigenvalue weighted by atomic mass is 9.82. The van der Waals surface area contributed by atoms with E-state index in [1.807, 2.05) is 17.4 Å². The number of hydrogen-bond acceptors (Lipinski definition) is 6. The summed E-state index contributed by atoms with van der Waals surface area (Å²) in [4.78, 5) is 18.5. The summed E-state index contributed by atoms with van der Waals surface area (Å²) in [7, 11) is 0. The second-order valence-electron chi connectivity index (χ2n) is 17.9. The van der Waals surface area contributed by atoms with Gasteiger partial charge in [0.25, 0.3) is 0 Å². The molecule has 1 N–H and O–H groups in total. The Balaban J connectivity index is 1.05. The molecule has 5 aromatic carbocycles. The van der Waals surface area contributed by atoms with Crippen LogP contribution in [0.4, 0.5) is 17.1 Å². The van der Waals surface area contributed by atoms with Crippen LogP contribution in [0.15, 0.2) is 133 Å². The second-order valence-corrected chi connectivity index (χ2v) is 21.2. The molecule has 2 aliphatic rings. The lowest BCUT2D eigenvalue weighted by molar-refractivity contribution is -0.132. The van der Waals surface area contributed by atoms with Gasteiger partial charge in [-0.15, -0.1) is 34.0 Å². The van der Waals surface area contributed by atoms with Crippen molar-refractivity contribution in [2.75, 3.05) is 4.90 Å². The molecule has 0 fully saturated rings. The van der Waals surface area contributed by atoms with Crippen molar-refractivity contribution >= 4 is 72.5 Å². The number of carboxylic acid groups (broad SMARTS) is 1. The molecular weight excluding hydrogens is 829 g/mol. The van der Waals surface area contributed by atoms with Gasteiger partial charge in [-0.3, -0.25) is 0 Å². The zero-order chi connectivity index (χ0) is 43.6. The highest BCUT2D eigenvalue weighted by molar-refractivity contribution is 7.31. The summed E-state index contributed by atoms with van der Waals surface area (Å²) in [6, 6.07) is 49.5. The number of aryl methyl sites for hydroxylation is 1. The normalized spacial score (nSPS) is 14.3. The number of unbranched alkanes of at least 4 members (excludes halogenated alkanes) is 3. The Kier molecular flexibility index (Phi) is 10.4. The molecule has 0 saturated heterocycles. The molecule has 8 aromatic rings. The van der Waals surface area contributed by atoms with E-state index >= 15 is 0 Å². The number of carbonyl (C=O) groups is 1. The number of thiophene rings is 3. The van der Waals surface area contributed by atoms with Crippen molar-refractivity contribution in [3.8, 4) is 48.5 Å². The fraction of sp³-hybridized carbons (Fsp3) is 0.214. The highest BCUT2D eigenvalue weighted by atomic mass is 32.1. The zero-order valence-electron chi connectivity index (χ0n) is 36.2. The number of rotatable bonds is 12. The number of aliphatic carboxylic acids is 1. The first-order valence-electron chi connectivity index (χ1n) is 21.9. The largest absolute Gasteiger partial charge is 0.477 e. The van der Waals surface area contributed by atoms with Crippen LogP contribution in [0.2, 0.25) is 0 Å². The Hall–Kier alpha value is -6.04. The van der Waals surface area contributed by atoms with E-state index in [9.17, 15) is 15.2 Å². The van der Waals surface area contributed by atoms with Gasteiger partial charge in [0.05, 0.1) is 0 Å². The molecule has 0 unspecified atom stereocenters. The molecule has 2 aliphatic carbocycles. The first-order valence-corrected chi connectivity index (χ1v) is 24.3. The van der Waals surface area contributed by atoms with E-state index in [0.29, 0.717) is 0 Å². The Morgan fingerprint density at radius 1 is 0.635 bits per heavy atom. The highest BCUT2D eigenvalue weighted by Crippen LogP contribution is 2.53. The molecule has 3 aromatic heterocycles. The Morgan fingerprint density at radius 3 is 1.76 bits per heavy atom. The van der Waals surface area contributed by atoms with Gasteiger partial charge in [-0.1, -0.05) is 127 Å². The molecule has 0 saturated carbocycles. The van der Waals surface area contributed by atoms with Crippen LogP contribution in [0.25, 0.3) is 57.9 Å². The van der Waals surface area contributed by atoms with Crippen LogP contribution >= 0.6 is 34.0 Å². The number of fused-ring (bicyclic) bond motifs is 7. The number of anilines is 3. The number of nitrogens with zero attached hydrogens (tertiary/aromatic N) is 2. The maximum absolute atomic E-state index is 11.5. The molecule has 63 heavy (non-hydrogen) atoms. The van der Waals surface area contributed by atoms with E-state index < -0.39 is 5.97 Å². The lowest BCUT2D eigenvalue weighted by Crippen LogP contribution is -2.18. The van der Waals surface area contributed by atoms with Crippen molar-refractivity contribution in [2.24, 2.45) is 0 Å². The van der Waals surface area contributed by atoms with Gasteiger partial charge >= 0.3 is 5.97 Å². The maximum atomic E-state index is 11.5. The second kappa shape index (κ2) is 15.9. The molecule has 0 spiro atoms. The van der Waals surface area contributed by atoms with Crippen LogP contribution in [0.3, 0.4) is 0 Å². The molecule has 0 amide bonds. The minimum Gasteiger partial charge on any atom is -0.477 e. The van der Waals surface area contributed by atoms with Crippen molar-refractivity contribution in [2.45, 2.75) is 77.6 Å². The van der Waals surface area contributed by atoms with Crippen molar-refractivity contribution in [3.63, 3.8) is 0 Å². The number of carboxylic acids is 1. The van der Waals surface area contributed by atoms with Gasteiger partial charge < -0.3 is 10.0 Å². The summed E-state index contributed by atoms with van der Waals surface area (Å²) in [6.07, 6.45) is 7.31. The Morgan fingerprint density at radius 2 is 1.19 bits per heavy atom. The molecule has 0 bridgehead atoms. The van der Waals surface area contributed by atoms with Crippen LogP contribution in [0, 0.1) is 11.3 Å². The lowest BCUT2D eigenvalue weighted by Gasteiger charge is -2.30. The summed E-state index contributed by atoms with van der Waals surface area (Å²) in [5.41, 5.74) is 16.3. The molecule has 312 valence electrons. The predicted octanol–water partition coefficient (Wildman–Crippen LogP) is 16.6. The maximum Gasteiger partial charge on any atom is 0.346 e. The van der Waals surface area contributed by atoms with Crippen LogP contribution in [-0.4, -0.2) is 11.1 Å². The number of benzene rings is 5. The summed E-state index contributed by atoms with van der Waals surface area (Å²) in [5.74, 6) is -1.20. The minimum absolute atomic E-state index is 0.123. The minimum atomic E-state index is -1.20. The zero-order valence-corrected chi connectivity index (χ0v) is 38.7. The van der Waals surface area contributed by atoms with E-state index in [1.165, 1.54) is 107 Å². The SMILES string of the molecule is CCCCCCc1cc(-c2cc3sc(/C=C(\C#N)C(=O)O)cc3s2)sc1-c1ccc(N(c2ccc3c(c2)C(C)(C)c2ccccc2-3)c2ccc3c(c2)C(C)(C)c2ccccc2-3)cc1. The van der Waals surface area contributed by atoms with E-state index in [1.54, 1.807) is 17.4 Å². The molecular formula is C56H48N2O2S3. The van der Waals surface area contributed by atoms with Crippen molar-refractivity contribution in [1.29, 1.82) is 5.26 Å². The summed E-state index contributed by atoms with van der Waals surface area (Å²) < 4.78 is 2.20. The third-order valence-corrected chi connectivity index (χ3v) is 16.9. The van der Waals surface area contributed by atoms with Gasteiger partial charge in [-0.25, -0.2) is 4.79 Å². The fourth-order valence-electron chi connectivity index (χ4n) is 9.93. The van der Waals surface area contributed by atoms with Crippen LogP contribution in [0.1, 0.15) is 93.0 Å². The summed E-state index contributed by atoms with van der Waals surface area (Å²) >= 11 is 5.12. The quantitative estimate of drug-likeness (QED) is 0.0754. The topological polar surface area (TPSA) is 64.3 Å². The smallest absolute Gasteiger partial charge is 0.346 e. The Bertz CT molecular complexity index is 3030. The van der Waals surface area contributed by atoms with Crippen LogP contribution < -0.4 is 4.90 Å². The van der Waals surface area contributed by atoms with Crippen LogP contribution in [0.5, 0.6) is 0 Å². The monoisotopic (exact) mass is 876 g/mol. The van der Waals surface area contributed by atoms with Gasteiger partial charge in [0.1, 0.15) is 11.6 Å². The molecule has 4 nitrogen and oxygen atoms in total. The first-order chi connectivity index (χ1) is 30.5. The van der Waals surface area contributed by atoms with E-state index in [0.717, 1.165) is 44.2 Å². The Labute approximate surface area is 382 Å². The van der Waals surface area contributed by atoms with Gasteiger partial charge in [-0.2, -0.15) is 5.26 Å². The summed E-state index contributed by atoms with van der Waals surface area (Å²) in [5, 5.41) is 18.7. The van der Waals surface area contributed by atoms with Gasteiger partial charge in [-0.05, 0) is 129 Å². The van der Waals surface area contributed by atoms with Crippen LogP contribution in [-0.2, 0) is 22.0 Å². The fourth-order valence-corrected chi connectivity index (χ4v) is 13.6. The summed E-state index contributed by atoms with van der Waals surface area (Å²) in [6.45, 7) is 11.7. The molecule has 0 atom stereocenters. The molecule has 7 heteroatoms. The van der Waals surface area contributed by atoms with Crippen molar-refractivity contribution in [3.05, 3.63) is 166 Å². The van der Waals surface area contributed by atoms with E-state index in [-0.39, 0.29) is 16.4 Å². The number of nitriles is 1. The molecule has 3 heterocycles. The number of hydrogen-bond donors (Lipinski definition) is 1. The predicted molar refractivity (Wildman–Crippen MR) is 267 cm³/mol. The van der Waals surface area contributed by atoms with E-state index in [2.05, 4.69) is 161 Å². The van der Waals surface area contributed by atoms with Gasteiger partial charge in [0.2, 0.25) is 0 Å². The average Bonchev–Trinajstić information content (AvgIpc) is 4.08. The molecule has 10 rings (SSSR count). The molecule has 0 aliphatic heterocycles. The average molecular weight is 877 g/mol. The molecule has 0 radical (unpaired) electrons. The first kappa shape index (κ1) is 41.0. The van der Waals surface area contributed by atoms with Crippen molar-refractivity contribution < 1.29 is 9.90 Å². The highest BCUT2D eigenvalue weighted by Gasteiger charge is 2.37. The van der Waals surface area contributed by atoms with E-state index in [4.69, 9.17) is 0 Å². The third-order valence-electron chi connectivity index (χ3n) is 13.3. The van der Waals surface area contributed by atoms with Gasteiger partial charge in [0.15, 0.2) is 0 Å². The third kappa shape index (κ3) is 7.06. The van der Waals surface area contributed by atoms with Gasteiger partial charge in [0, 0.05) is 56.8 Å². The standard InChI is InChI=1S/C56H48N2O2S3/c1-6-7-8-9-14-35-28-49(52-32-51-50(62-52)31-40(61-51)27-36(33-57)54(59)60)63-53(35)34-19-21-37(22-20-34)58(38-23-25-43-41-15-10-12-17-45(41)55(2,3)47(43)29-38)39-24-26-44-42-16-11-13-18-46(42)56(4,5)48(44)30-39/h10-13,15-32H,6-9,14H2,1-5H3,(H,59,60)/b36-27+.